The highest BCUT2D eigenvalue weighted by molar-refractivity contribution is 5.25. The Labute approximate surface area is 110 Å². The number of nitrogens with one attached hydrogen (secondary N) is 1. The van der Waals surface area contributed by atoms with Crippen LogP contribution in [0.1, 0.15) is 24.0 Å². The van der Waals surface area contributed by atoms with E-state index in [0.717, 1.165) is 12.0 Å². The highest BCUT2D eigenvalue weighted by atomic mass is 15.2. The second-order valence-corrected chi connectivity index (χ2v) is 5.88. The molecule has 1 aliphatic heterocycles. The summed E-state index contributed by atoms with van der Waals surface area (Å²) in [4.78, 5) is 2.64. The van der Waals surface area contributed by atoms with Gasteiger partial charge in [-0.15, -0.1) is 0 Å². The van der Waals surface area contributed by atoms with Crippen molar-refractivity contribution < 1.29 is 0 Å². The molecule has 2 aliphatic rings. The van der Waals surface area contributed by atoms with Crippen LogP contribution in [0, 0.1) is 12.8 Å². The van der Waals surface area contributed by atoms with Crippen molar-refractivity contribution in [2.75, 3.05) is 26.2 Å². The van der Waals surface area contributed by atoms with Crippen molar-refractivity contribution in [3.63, 3.8) is 0 Å². The van der Waals surface area contributed by atoms with Crippen molar-refractivity contribution in [1.82, 2.24) is 10.2 Å². The quantitative estimate of drug-likeness (QED) is 0.873. The first kappa shape index (κ1) is 12.2. The Morgan fingerprint density at radius 2 is 2.11 bits per heavy atom. The number of hydrogen-bond donors (Lipinski definition) is 1. The lowest BCUT2D eigenvalue weighted by Gasteiger charge is -2.34. The topological polar surface area (TPSA) is 15.3 Å². The Morgan fingerprint density at radius 1 is 1.28 bits per heavy atom. The first-order chi connectivity index (χ1) is 8.83. The molecule has 3 rings (SSSR count). The standard InChI is InChI=1S/C16H24N2/c1-13-4-2-3-5-14(13)8-10-18-11-9-17-16(12-18)15-6-7-15/h2-5,15-17H,6-12H2,1H3. The minimum atomic E-state index is 0.774. The third-order valence-electron chi connectivity index (χ3n) is 4.44. The molecular formula is C16H24N2. The van der Waals surface area contributed by atoms with Crippen LogP contribution in [-0.4, -0.2) is 37.1 Å². The van der Waals surface area contributed by atoms with Gasteiger partial charge in [0, 0.05) is 32.2 Å². The van der Waals surface area contributed by atoms with Gasteiger partial charge in [0.15, 0.2) is 0 Å². The number of benzene rings is 1. The molecule has 1 unspecified atom stereocenters. The van der Waals surface area contributed by atoms with Crippen LogP contribution in [0.3, 0.4) is 0 Å². The van der Waals surface area contributed by atoms with Gasteiger partial charge in [-0.3, -0.25) is 0 Å². The van der Waals surface area contributed by atoms with Gasteiger partial charge in [0.2, 0.25) is 0 Å². The van der Waals surface area contributed by atoms with Crippen molar-refractivity contribution in [3.05, 3.63) is 35.4 Å². The second kappa shape index (κ2) is 5.41. The molecular weight excluding hydrogens is 220 g/mol. The summed E-state index contributed by atoms with van der Waals surface area (Å²) < 4.78 is 0. The van der Waals surface area contributed by atoms with Crippen molar-refractivity contribution in [3.8, 4) is 0 Å². The van der Waals surface area contributed by atoms with E-state index in [2.05, 4.69) is 41.4 Å². The van der Waals surface area contributed by atoms with Crippen LogP contribution in [0.15, 0.2) is 24.3 Å². The first-order valence-electron chi connectivity index (χ1n) is 7.33. The van der Waals surface area contributed by atoms with Gasteiger partial charge in [-0.2, -0.15) is 0 Å². The monoisotopic (exact) mass is 244 g/mol. The Kier molecular flexibility index (Phi) is 3.67. The minimum absolute atomic E-state index is 0.774. The van der Waals surface area contributed by atoms with Gasteiger partial charge in [0.05, 0.1) is 0 Å². The predicted molar refractivity (Wildman–Crippen MR) is 75.8 cm³/mol. The lowest BCUT2D eigenvalue weighted by atomic mass is 10.0. The average molecular weight is 244 g/mol. The van der Waals surface area contributed by atoms with Crippen LogP contribution in [0.5, 0.6) is 0 Å². The number of aryl methyl sites for hydroxylation is 1. The highest BCUT2D eigenvalue weighted by Gasteiger charge is 2.33. The maximum absolute atomic E-state index is 3.68. The lowest BCUT2D eigenvalue weighted by Crippen LogP contribution is -2.52. The first-order valence-corrected chi connectivity index (χ1v) is 7.33. The Morgan fingerprint density at radius 3 is 2.89 bits per heavy atom. The molecule has 1 aromatic carbocycles. The Bertz CT molecular complexity index is 398. The number of rotatable bonds is 4. The van der Waals surface area contributed by atoms with Crippen LogP contribution in [-0.2, 0) is 6.42 Å². The summed E-state index contributed by atoms with van der Waals surface area (Å²) >= 11 is 0. The van der Waals surface area contributed by atoms with Crippen molar-refractivity contribution in [2.24, 2.45) is 5.92 Å². The normalized spacial score (nSPS) is 25.3. The highest BCUT2D eigenvalue weighted by Crippen LogP contribution is 2.33. The molecule has 1 heterocycles. The zero-order valence-corrected chi connectivity index (χ0v) is 11.4. The predicted octanol–water partition coefficient (Wildman–Crippen LogP) is 2.22. The molecule has 18 heavy (non-hydrogen) atoms. The van der Waals surface area contributed by atoms with Crippen LogP contribution in [0.4, 0.5) is 0 Å². The van der Waals surface area contributed by atoms with E-state index < -0.39 is 0 Å². The Hall–Kier alpha value is -0.860. The van der Waals surface area contributed by atoms with Crippen LogP contribution < -0.4 is 5.32 Å². The van der Waals surface area contributed by atoms with E-state index in [1.807, 2.05) is 0 Å². The van der Waals surface area contributed by atoms with Crippen LogP contribution in [0.2, 0.25) is 0 Å². The second-order valence-electron chi connectivity index (χ2n) is 5.88. The molecule has 2 nitrogen and oxygen atoms in total. The molecule has 1 N–H and O–H groups in total. The largest absolute Gasteiger partial charge is 0.311 e. The fraction of sp³-hybridized carbons (Fsp3) is 0.625. The summed E-state index contributed by atoms with van der Waals surface area (Å²) in [7, 11) is 0. The van der Waals surface area contributed by atoms with Gasteiger partial charge in [0.25, 0.3) is 0 Å². The van der Waals surface area contributed by atoms with Crippen molar-refractivity contribution in [1.29, 1.82) is 0 Å². The summed E-state index contributed by atoms with van der Waals surface area (Å²) in [6, 6.07) is 9.56. The smallest absolute Gasteiger partial charge is 0.0223 e. The van der Waals surface area contributed by atoms with Gasteiger partial charge < -0.3 is 10.2 Å². The van der Waals surface area contributed by atoms with E-state index in [9.17, 15) is 0 Å². The van der Waals surface area contributed by atoms with Crippen LogP contribution >= 0.6 is 0 Å². The molecule has 1 aromatic rings. The summed E-state index contributed by atoms with van der Waals surface area (Å²) in [5.74, 6) is 0.978. The molecule has 1 saturated carbocycles. The maximum atomic E-state index is 3.68. The summed E-state index contributed by atoms with van der Waals surface area (Å²) in [5, 5.41) is 3.68. The molecule has 2 heteroatoms. The molecule has 0 radical (unpaired) electrons. The molecule has 0 amide bonds. The molecule has 1 atom stereocenters. The minimum Gasteiger partial charge on any atom is -0.311 e. The third-order valence-corrected chi connectivity index (χ3v) is 4.44. The molecule has 2 fully saturated rings. The summed E-state index contributed by atoms with van der Waals surface area (Å²) in [5.41, 5.74) is 2.95. The Balaban J connectivity index is 1.52. The van der Waals surface area contributed by atoms with Crippen molar-refractivity contribution in [2.45, 2.75) is 32.2 Å². The average Bonchev–Trinajstić information content (AvgIpc) is 3.23. The maximum Gasteiger partial charge on any atom is 0.0223 e. The number of piperazine rings is 1. The number of nitrogens with zero attached hydrogens (tertiary/aromatic N) is 1. The van der Waals surface area contributed by atoms with E-state index in [-0.39, 0.29) is 0 Å². The van der Waals surface area contributed by atoms with Gasteiger partial charge in [0.1, 0.15) is 0 Å². The summed E-state index contributed by atoms with van der Waals surface area (Å²) in [6.07, 6.45) is 4.09. The fourth-order valence-corrected chi connectivity index (χ4v) is 3.03. The van der Waals surface area contributed by atoms with E-state index in [1.165, 1.54) is 56.6 Å². The molecule has 1 aliphatic carbocycles. The SMILES string of the molecule is Cc1ccccc1CCN1CCNC(C2CC2)C1. The van der Waals surface area contributed by atoms with E-state index in [4.69, 9.17) is 0 Å². The summed E-state index contributed by atoms with van der Waals surface area (Å²) in [6.45, 7) is 7.09. The van der Waals surface area contributed by atoms with Gasteiger partial charge in [-0.05, 0) is 43.2 Å². The zero-order chi connectivity index (χ0) is 12.4. The van der Waals surface area contributed by atoms with Crippen molar-refractivity contribution >= 4 is 0 Å². The molecule has 1 saturated heterocycles. The zero-order valence-electron chi connectivity index (χ0n) is 11.4. The van der Waals surface area contributed by atoms with Gasteiger partial charge >= 0.3 is 0 Å². The van der Waals surface area contributed by atoms with E-state index in [0.29, 0.717) is 0 Å². The van der Waals surface area contributed by atoms with E-state index in [1.54, 1.807) is 0 Å². The lowest BCUT2D eigenvalue weighted by molar-refractivity contribution is 0.190. The molecule has 0 spiro atoms. The fourth-order valence-electron chi connectivity index (χ4n) is 3.03. The van der Waals surface area contributed by atoms with E-state index >= 15 is 0 Å². The third kappa shape index (κ3) is 2.93. The molecule has 98 valence electrons. The van der Waals surface area contributed by atoms with Gasteiger partial charge in [-0.25, -0.2) is 0 Å². The molecule has 0 bridgehead atoms. The van der Waals surface area contributed by atoms with Crippen LogP contribution in [0.25, 0.3) is 0 Å². The molecule has 0 aromatic heterocycles. The van der Waals surface area contributed by atoms with Gasteiger partial charge in [-0.1, -0.05) is 24.3 Å². The number of hydrogen-bond acceptors (Lipinski definition) is 2.